The van der Waals surface area contributed by atoms with Gasteiger partial charge in [0.1, 0.15) is 4.21 Å². The molecule has 0 radical (unpaired) electrons. The molecule has 1 saturated heterocycles. The minimum Gasteiger partial charge on any atom is -0.355 e. The SMILES string of the molecule is O=C(Cc1ccc(S(=O)(=O)N2CCCC2)s1)NCCc1cccnc1. The van der Waals surface area contributed by atoms with E-state index in [4.69, 9.17) is 0 Å². The van der Waals surface area contributed by atoms with Gasteiger partial charge in [-0.3, -0.25) is 9.78 Å². The number of pyridine rings is 1. The van der Waals surface area contributed by atoms with Crippen molar-refractivity contribution in [3.05, 3.63) is 47.1 Å². The molecule has 1 aliphatic rings. The van der Waals surface area contributed by atoms with Crippen molar-refractivity contribution in [2.24, 2.45) is 0 Å². The van der Waals surface area contributed by atoms with Crippen LogP contribution in [0.2, 0.25) is 0 Å². The molecule has 134 valence electrons. The molecule has 0 unspecified atom stereocenters. The molecule has 0 saturated carbocycles. The van der Waals surface area contributed by atoms with Crippen LogP contribution in [0.15, 0.2) is 40.9 Å². The van der Waals surface area contributed by atoms with Gasteiger partial charge in [0.15, 0.2) is 0 Å². The van der Waals surface area contributed by atoms with Gasteiger partial charge in [0.05, 0.1) is 6.42 Å². The fraction of sp³-hybridized carbons (Fsp3) is 0.412. The van der Waals surface area contributed by atoms with Crippen molar-refractivity contribution in [2.45, 2.75) is 29.9 Å². The molecule has 3 heterocycles. The number of rotatable bonds is 7. The predicted molar refractivity (Wildman–Crippen MR) is 97.0 cm³/mol. The Balaban J connectivity index is 1.51. The number of amides is 1. The number of hydrogen-bond acceptors (Lipinski definition) is 5. The van der Waals surface area contributed by atoms with Crippen LogP contribution in [-0.2, 0) is 27.7 Å². The lowest BCUT2D eigenvalue weighted by Crippen LogP contribution is -2.27. The van der Waals surface area contributed by atoms with E-state index < -0.39 is 10.0 Å². The number of thiophene rings is 1. The standard InChI is InChI=1S/C17H21N3O3S2/c21-16(19-9-7-14-4-3-8-18-13-14)12-15-5-6-17(24-15)25(22,23)20-10-1-2-11-20/h3-6,8,13H,1-2,7,9-12H2,(H,19,21). The van der Waals surface area contributed by atoms with Gasteiger partial charge in [0.2, 0.25) is 5.91 Å². The largest absolute Gasteiger partial charge is 0.355 e. The normalized spacial score (nSPS) is 15.4. The number of hydrogen-bond donors (Lipinski definition) is 1. The summed E-state index contributed by atoms with van der Waals surface area (Å²) in [7, 11) is -3.39. The summed E-state index contributed by atoms with van der Waals surface area (Å²) in [6.45, 7) is 1.71. The van der Waals surface area contributed by atoms with Crippen LogP contribution < -0.4 is 5.32 Å². The highest BCUT2D eigenvalue weighted by molar-refractivity contribution is 7.91. The van der Waals surface area contributed by atoms with Gasteiger partial charge >= 0.3 is 0 Å². The first-order valence-corrected chi connectivity index (χ1v) is 10.6. The van der Waals surface area contributed by atoms with E-state index in [-0.39, 0.29) is 12.3 Å². The number of nitrogens with zero attached hydrogens (tertiary/aromatic N) is 2. The Morgan fingerprint density at radius 3 is 2.76 bits per heavy atom. The van der Waals surface area contributed by atoms with Crippen LogP contribution in [0.4, 0.5) is 0 Å². The van der Waals surface area contributed by atoms with Crippen molar-refractivity contribution < 1.29 is 13.2 Å². The van der Waals surface area contributed by atoms with E-state index >= 15 is 0 Å². The first-order valence-electron chi connectivity index (χ1n) is 8.30. The summed E-state index contributed by atoms with van der Waals surface area (Å²) >= 11 is 1.18. The van der Waals surface area contributed by atoms with Crippen LogP contribution in [0.1, 0.15) is 23.3 Å². The number of sulfonamides is 1. The van der Waals surface area contributed by atoms with Crippen molar-refractivity contribution >= 4 is 27.3 Å². The number of nitrogens with one attached hydrogen (secondary N) is 1. The van der Waals surface area contributed by atoms with Crippen molar-refractivity contribution in [3.63, 3.8) is 0 Å². The molecule has 3 rings (SSSR count). The Kier molecular flexibility index (Phi) is 5.82. The maximum atomic E-state index is 12.5. The number of carbonyl (C=O) groups excluding carboxylic acids is 1. The average molecular weight is 380 g/mol. The van der Waals surface area contributed by atoms with Crippen molar-refractivity contribution in [1.82, 2.24) is 14.6 Å². The lowest BCUT2D eigenvalue weighted by molar-refractivity contribution is -0.120. The second-order valence-electron chi connectivity index (χ2n) is 5.97. The molecule has 0 aromatic carbocycles. The van der Waals surface area contributed by atoms with E-state index in [1.54, 1.807) is 24.5 Å². The Morgan fingerprint density at radius 2 is 2.04 bits per heavy atom. The fourth-order valence-corrected chi connectivity index (χ4v) is 5.79. The van der Waals surface area contributed by atoms with Crippen LogP contribution in [0.25, 0.3) is 0 Å². The van der Waals surface area contributed by atoms with E-state index in [1.165, 1.54) is 15.6 Å². The van der Waals surface area contributed by atoms with Gasteiger partial charge in [0.25, 0.3) is 10.0 Å². The second-order valence-corrected chi connectivity index (χ2v) is 9.30. The molecule has 2 aromatic rings. The molecule has 2 aromatic heterocycles. The zero-order valence-corrected chi connectivity index (χ0v) is 15.5. The van der Waals surface area contributed by atoms with Crippen LogP contribution in [0.3, 0.4) is 0 Å². The number of carbonyl (C=O) groups is 1. The number of aromatic nitrogens is 1. The molecular weight excluding hydrogens is 358 g/mol. The summed E-state index contributed by atoms with van der Waals surface area (Å²) in [5, 5.41) is 2.86. The Morgan fingerprint density at radius 1 is 1.24 bits per heavy atom. The second kappa shape index (κ2) is 8.07. The summed E-state index contributed by atoms with van der Waals surface area (Å²) in [6, 6.07) is 7.17. The average Bonchev–Trinajstić information content (AvgIpc) is 3.28. The minimum absolute atomic E-state index is 0.101. The molecule has 1 amide bonds. The summed E-state index contributed by atoms with van der Waals surface area (Å²) < 4.78 is 26.8. The fourth-order valence-electron chi connectivity index (χ4n) is 2.76. The minimum atomic E-state index is -3.39. The third-order valence-electron chi connectivity index (χ3n) is 4.09. The lowest BCUT2D eigenvalue weighted by atomic mass is 10.2. The highest BCUT2D eigenvalue weighted by Gasteiger charge is 2.28. The third kappa shape index (κ3) is 4.65. The molecule has 1 N–H and O–H groups in total. The molecule has 25 heavy (non-hydrogen) atoms. The van der Waals surface area contributed by atoms with E-state index in [2.05, 4.69) is 10.3 Å². The van der Waals surface area contributed by atoms with Crippen LogP contribution in [0.5, 0.6) is 0 Å². The lowest BCUT2D eigenvalue weighted by Gasteiger charge is -2.13. The highest BCUT2D eigenvalue weighted by atomic mass is 32.2. The quantitative estimate of drug-likeness (QED) is 0.796. The third-order valence-corrected chi connectivity index (χ3v) is 7.54. The summed E-state index contributed by atoms with van der Waals surface area (Å²) in [5.74, 6) is -0.101. The van der Waals surface area contributed by atoms with Gasteiger partial charge in [-0.05, 0) is 43.0 Å². The van der Waals surface area contributed by atoms with Crippen LogP contribution in [-0.4, -0.2) is 43.2 Å². The van der Waals surface area contributed by atoms with Crippen molar-refractivity contribution in [2.75, 3.05) is 19.6 Å². The molecule has 1 aliphatic heterocycles. The maximum Gasteiger partial charge on any atom is 0.252 e. The molecular formula is C17H21N3O3S2. The molecule has 0 spiro atoms. The van der Waals surface area contributed by atoms with E-state index in [0.717, 1.165) is 29.7 Å². The van der Waals surface area contributed by atoms with Crippen molar-refractivity contribution in [1.29, 1.82) is 0 Å². The molecule has 8 heteroatoms. The first-order chi connectivity index (χ1) is 12.1. The Hall–Kier alpha value is -1.77. The van der Waals surface area contributed by atoms with E-state index in [9.17, 15) is 13.2 Å². The summed E-state index contributed by atoms with van der Waals surface area (Å²) in [6.07, 6.45) is 6.24. The van der Waals surface area contributed by atoms with Gasteiger partial charge in [-0.2, -0.15) is 4.31 Å². The van der Waals surface area contributed by atoms with Gasteiger partial charge in [-0.25, -0.2) is 8.42 Å². The molecule has 0 atom stereocenters. The topological polar surface area (TPSA) is 79.4 Å². The Labute approximate surface area is 151 Å². The monoisotopic (exact) mass is 379 g/mol. The Bertz CT molecular complexity index is 813. The zero-order valence-electron chi connectivity index (χ0n) is 13.8. The van der Waals surface area contributed by atoms with E-state index in [1.807, 2.05) is 12.1 Å². The molecule has 0 bridgehead atoms. The smallest absolute Gasteiger partial charge is 0.252 e. The van der Waals surface area contributed by atoms with Crippen LogP contribution in [0, 0.1) is 0 Å². The van der Waals surface area contributed by atoms with Gasteiger partial charge in [-0.15, -0.1) is 11.3 Å². The van der Waals surface area contributed by atoms with Gasteiger partial charge in [-0.1, -0.05) is 6.07 Å². The summed E-state index contributed by atoms with van der Waals surface area (Å²) in [4.78, 5) is 16.8. The van der Waals surface area contributed by atoms with Crippen LogP contribution >= 0.6 is 11.3 Å². The highest BCUT2D eigenvalue weighted by Crippen LogP contribution is 2.27. The molecule has 1 fully saturated rings. The molecule has 0 aliphatic carbocycles. The maximum absolute atomic E-state index is 12.5. The molecule has 6 nitrogen and oxygen atoms in total. The van der Waals surface area contributed by atoms with Gasteiger partial charge in [0, 0.05) is 36.9 Å². The first kappa shape index (κ1) is 18.0. The van der Waals surface area contributed by atoms with Gasteiger partial charge < -0.3 is 5.32 Å². The summed E-state index contributed by atoms with van der Waals surface area (Å²) in [5.41, 5.74) is 1.07. The van der Waals surface area contributed by atoms with E-state index in [0.29, 0.717) is 23.8 Å². The zero-order chi connectivity index (χ0) is 17.7. The van der Waals surface area contributed by atoms with Crippen molar-refractivity contribution in [3.8, 4) is 0 Å². The predicted octanol–water partition coefficient (Wildman–Crippen LogP) is 1.83.